The predicted octanol–water partition coefficient (Wildman–Crippen LogP) is 4.74. The number of rotatable bonds is 5. The predicted molar refractivity (Wildman–Crippen MR) is 122 cm³/mol. The average molecular weight is 444 g/mol. The maximum atomic E-state index is 13.6. The lowest BCUT2D eigenvalue weighted by Gasteiger charge is -2.32. The lowest BCUT2D eigenvalue weighted by molar-refractivity contribution is -0.136. The fourth-order valence-corrected chi connectivity index (χ4v) is 4.55. The summed E-state index contributed by atoms with van der Waals surface area (Å²) < 4.78 is 26.8. The van der Waals surface area contributed by atoms with E-state index in [4.69, 9.17) is 0 Å². The van der Waals surface area contributed by atoms with Crippen molar-refractivity contribution in [3.8, 4) is 0 Å². The van der Waals surface area contributed by atoms with Gasteiger partial charge in [0.2, 0.25) is 0 Å². The first-order chi connectivity index (χ1) is 16.0. The van der Waals surface area contributed by atoms with Crippen LogP contribution in [0.25, 0.3) is 5.57 Å². The van der Waals surface area contributed by atoms with Crippen molar-refractivity contribution in [1.82, 2.24) is 4.90 Å². The van der Waals surface area contributed by atoms with Crippen molar-refractivity contribution in [3.05, 3.63) is 107 Å². The third-order valence-electron chi connectivity index (χ3n) is 6.19. The minimum atomic E-state index is -0.408. The van der Waals surface area contributed by atoms with Crippen molar-refractivity contribution in [2.75, 3.05) is 18.0 Å². The van der Waals surface area contributed by atoms with E-state index < -0.39 is 11.7 Å². The minimum absolute atomic E-state index is 0.174. The summed E-state index contributed by atoms with van der Waals surface area (Å²) in [6.45, 7) is 0.787. The second-order valence-electron chi connectivity index (χ2n) is 8.25. The molecule has 166 valence electrons. The van der Waals surface area contributed by atoms with Crippen LogP contribution in [-0.2, 0) is 22.4 Å². The summed E-state index contributed by atoms with van der Waals surface area (Å²) in [5.74, 6) is -1.50. The maximum Gasteiger partial charge on any atom is 0.278 e. The Balaban J connectivity index is 1.54. The summed E-state index contributed by atoms with van der Waals surface area (Å²) in [7, 11) is 0. The largest absolute Gasteiger partial charge is 0.336 e. The summed E-state index contributed by atoms with van der Waals surface area (Å²) in [6.07, 6.45) is 2.18. The van der Waals surface area contributed by atoms with Crippen LogP contribution in [0.1, 0.15) is 23.1 Å². The van der Waals surface area contributed by atoms with Gasteiger partial charge < -0.3 is 4.90 Å². The minimum Gasteiger partial charge on any atom is -0.336 e. The number of imide groups is 1. The monoisotopic (exact) mass is 444 g/mol. The fourth-order valence-electron chi connectivity index (χ4n) is 4.55. The van der Waals surface area contributed by atoms with E-state index in [1.165, 1.54) is 41.3 Å². The smallest absolute Gasteiger partial charge is 0.278 e. The summed E-state index contributed by atoms with van der Waals surface area (Å²) in [5, 5.41) is 0. The van der Waals surface area contributed by atoms with Gasteiger partial charge in [-0.05, 0) is 66.3 Å². The van der Waals surface area contributed by atoms with Crippen molar-refractivity contribution in [2.24, 2.45) is 0 Å². The highest BCUT2D eigenvalue weighted by molar-refractivity contribution is 6.36. The van der Waals surface area contributed by atoms with Crippen LogP contribution in [-0.4, -0.2) is 29.8 Å². The summed E-state index contributed by atoms with van der Waals surface area (Å²) in [4.78, 5) is 30.3. The molecular formula is C27H22F2N2O2. The Hall–Kier alpha value is -3.80. The normalized spacial score (nSPS) is 15.9. The van der Waals surface area contributed by atoms with E-state index in [9.17, 15) is 18.4 Å². The molecule has 3 aromatic carbocycles. The number of hydrogen-bond donors (Lipinski definition) is 0. The number of carbonyl (C=O) groups is 2. The van der Waals surface area contributed by atoms with Crippen LogP contribution in [0.3, 0.4) is 0 Å². The van der Waals surface area contributed by atoms with Crippen LogP contribution < -0.4 is 4.90 Å². The number of benzene rings is 3. The third-order valence-corrected chi connectivity index (χ3v) is 6.19. The molecule has 6 heteroatoms. The Morgan fingerprint density at radius 2 is 1.45 bits per heavy atom. The van der Waals surface area contributed by atoms with E-state index in [0.29, 0.717) is 24.2 Å². The summed E-state index contributed by atoms with van der Waals surface area (Å²) in [5.41, 5.74) is 4.00. The van der Waals surface area contributed by atoms with Crippen LogP contribution in [0.15, 0.2) is 78.5 Å². The van der Waals surface area contributed by atoms with Gasteiger partial charge >= 0.3 is 0 Å². The standard InChI is InChI=1S/C27H22F2N2O2/c28-21-11-7-18(8-12-21)15-17-31-26(32)24(20-9-13-22(29)14-10-20)25(27(31)33)30-16-3-5-19-4-1-2-6-23(19)30/h1-2,4,6-14H,3,5,15-17H2. The summed E-state index contributed by atoms with van der Waals surface area (Å²) >= 11 is 0. The number of aryl methyl sites for hydroxylation is 1. The molecule has 0 N–H and O–H groups in total. The van der Waals surface area contributed by atoms with Crippen LogP contribution in [0.4, 0.5) is 14.5 Å². The number of amides is 2. The molecule has 0 saturated heterocycles. The molecule has 0 radical (unpaired) electrons. The lowest BCUT2D eigenvalue weighted by atomic mass is 9.98. The topological polar surface area (TPSA) is 40.6 Å². The number of para-hydroxylation sites is 1. The molecule has 2 aliphatic rings. The van der Waals surface area contributed by atoms with Gasteiger partial charge in [0.1, 0.15) is 17.3 Å². The Bertz CT molecular complexity index is 1250. The van der Waals surface area contributed by atoms with Gasteiger partial charge in [-0.25, -0.2) is 8.78 Å². The molecule has 2 amide bonds. The van der Waals surface area contributed by atoms with Crippen LogP contribution in [0.5, 0.6) is 0 Å². The van der Waals surface area contributed by atoms with Gasteiger partial charge in [0.25, 0.3) is 11.8 Å². The van der Waals surface area contributed by atoms with E-state index in [-0.39, 0.29) is 23.8 Å². The lowest BCUT2D eigenvalue weighted by Crippen LogP contribution is -2.38. The van der Waals surface area contributed by atoms with Gasteiger partial charge in [0, 0.05) is 18.8 Å². The van der Waals surface area contributed by atoms with Crippen molar-refractivity contribution < 1.29 is 18.4 Å². The third kappa shape index (κ3) is 3.93. The van der Waals surface area contributed by atoms with Crippen molar-refractivity contribution >= 4 is 23.1 Å². The van der Waals surface area contributed by atoms with Gasteiger partial charge in [-0.15, -0.1) is 0 Å². The quantitative estimate of drug-likeness (QED) is 0.534. The summed E-state index contributed by atoms with van der Waals surface area (Å²) in [6, 6.07) is 19.6. The molecule has 3 aromatic rings. The molecule has 0 saturated carbocycles. The number of nitrogens with zero attached hydrogens (tertiary/aromatic N) is 2. The van der Waals surface area contributed by atoms with E-state index in [1.54, 1.807) is 12.1 Å². The number of anilines is 1. The van der Waals surface area contributed by atoms with E-state index in [2.05, 4.69) is 0 Å². The highest BCUT2D eigenvalue weighted by Gasteiger charge is 2.42. The van der Waals surface area contributed by atoms with E-state index >= 15 is 0 Å². The number of carbonyl (C=O) groups excluding carboxylic acids is 2. The molecule has 0 spiro atoms. The van der Waals surface area contributed by atoms with E-state index in [0.717, 1.165) is 29.7 Å². The molecule has 0 aromatic heterocycles. The van der Waals surface area contributed by atoms with Crippen LogP contribution in [0, 0.1) is 11.6 Å². The van der Waals surface area contributed by atoms with Gasteiger partial charge in [-0.1, -0.05) is 42.5 Å². The SMILES string of the molecule is O=C1C(c2ccc(F)cc2)=C(N2CCCc3ccccc32)C(=O)N1CCc1ccc(F)cc1. The first-order valence-corrected chi connectivity index (χ1v) is 11.0. The molecule has 0 unspecified atom stereocenters. The van der Waals surface area contributed by atoms with E-state index in [1.807, 2.05) is 29.2 Å². The number of fused-ring (bicyclic) bond motifs is 1. The van der Waals surface area contributed by atoms with Crippen LogP contribution >= 0.6 is 0 Å². The molecule has 0 fully saturated rings. The van der Waals surface area contributed by atoms with Gasteiger partial charge in [0.15, 0.2) is 0 Å². The molecule has 2 aliphatic heterocycles. The zero-order valence-electron chi connectivity index (χ0n) is 17.9. The first kappa shape index (κ1) is 21.1. The Kier molecular flexibility index (Phi) is 5.50. The molecule has 0 bridgehead atoms. The van der Waals surface area contributed by atoms with Gasteiger partial charge in [-0.3, -0.25) is 14.5 Å². The molecule has 5 rings (SSSR count). The molecule has 33 heavy (non-hydrogen) atoms. The zero-order valence-corrected chi connectivity index (χ0v) is 17.9. The van der Waals surface area contributed by atoms with Gasteiger partial charge in [0.05, 0.1) is 5.57 Å². The Morgan fingerprint density at radius 1 is 0.788 bits per heavy atom. The molecule has 0 atom stereocenters. The maximum absolute atomic E-state index is 13.6. The molecule has 2 heterocycles. The number of halogens is 2. The second kappa shape index (κ2) is 8.62. The second-order valence-corrected chi connectivity index (χ2v) is 8.25. The molecular weight excluding hydrogens is 422 g/mol. The number of hydrogen-bond acceptors (Lipinski definition) is 3. The van der Waals surface area contributed by atoms with Gasteiger partial charge in [-0.2, -0.15) is 0 Å². The Labute approximate surface area is 190 Å². The fraction of sp³-hybridized carbons (Fsp3) is 0.185. The van der Waals surface area contributed by atoms with Crippen molar-refractivity contribution in [2.45, 2.75) is 19.3 Å². The zero-order chi connectivity index (χ0) is 22.9. The average Bonchev–Trinajstić information content (AvgIpc) is 3.08. The first-order valence-electron chi connectivity index (χ1n) is 11.0. The Morgan fingerprint density at radius 3 is 2.18 bits per heavy atom. The van der Waals surface area contributed by atoms with Crippen molar-refractivity contribution in [3.63, 3.8) is 0 Å². The highest BCUT2D eigenvalue weighted by atomic mass is 19.1. The van der Waals surface area contributed by atoms with Crippen LogP contribution in [0.2, 0.25) is 0 Å². The highest BCUT2D eigenvalue weighted by Crippen LogP contribution is 2.37. The molecule has 0 aliphatic carbocycles. The van der Waals surface area contributed by atoms with Crippen molar-refractivity contribution in [1.29, 1.82) is 0 Å². The molecule has 4 nitrogen and oxygen atoms in total.